The number of aromatic hydroxyl groups is 1. The minimum atomic E-state index is 0.160. The second kappa shape index (κ2) is 5.96. The molecule has 0 aliphatic heterocycles. The van der Waals surface area contributed by atoms with Crippen molar-refractivity contribution in [2.45, 2.75) is 26.4 Å². The Morgan fingerprint density at radius 3 is 2.80 bits per heavy atom. The first-order valence-corrected chi connectivity index (χ1v) is 6.60. The molecule has 2 N–H and O–H groups in total. The maximum atomic E-state index is 9.57. The largest absolute Gasteiger partial charge is 0.504 e. The Morgan fingerprint density at radius 2 is 2.20 bits per heavy atom. The van der Waals surface area contributed by atoms with E-state index in [1.807, 2.05) is 37.0 Å². The Kier molecular flexibility index (Phi) is 4.29. The molecule has 108 valence electrons. The monoisotopic (exact) mass is 275 g/mol. The number of ether oxygens (including phenoxy) is 1. The Morgan fingerprint density at radius 1 is 1.45 bits per heavy atom. The van der Waals surface area contributed by atoms with Crippen molar-refractivity contribution in [1.29, 1.82) is 0 Å². The first-order valence-electron chi connectivity index (χ1n) is 6.60. The van der Waals surface area contributed by atoms with E-state index in [9.17, 15) is 5.11 Å². The summed E-state index contributed by atoms with van der Waals surface area (Å²) in [5.74, 6) is 0.655. The molecule has 1 heterocycles. The van der Waals surface area contributed by atoms with E-state index in [0.717, 1.165) is 11.3 Å². The fraction of sp³-hybridized carbons (Fsp3) is 0.400. The first-order chi connectivity index (χ1) is 9.51. The predicted octanol–water partition coefficient (Wildman–Crippen LogP) is 2.29. The number of rotatable bonds is 5. The number of nitrogens with zero attached hydrogens (tertiary/aromatic N) is 2. The molecule has 2 rings (SSSR count). The summed E-state index contributed by atoms with van der Waals surface area (Å²) in [6.45, 7) is 4.82. The molecule has 1 atom stereocenters. The lowest BCUT2D eigenvalue weighted by molar-refractivity contribution is 0.372. The molecule has 0 saturated carbocycles. The molecular weight excluding hydrogens is 254 g/mol. The zero-order valence-electron chi connectivity index (χ0n) is 12.3. The van der Waals surface area contributed by atoms with Crippen molar-refractivity contribution >= 4 is 0 Å². The Labute approximate surface area is 119 Å². The molecule has 5 nitrogen and oxygen atoms in total. The van der Waals surface area contributed by atoms with Gasteiger partial charge in [-0.2, -0.15) is 5.10 Å². The Balaban J connectivity index is 2.03. The number of aromatic nitrogens is 2. The second-order valence-electron chi connectivity index (χ2n) is 4.95. The van der Waals surface area contributed by atoms with E-state index < -0.39 is 0 Å². The summed E-state index contributed by atoms with van der Waals surface area (Å²) >= 11 is 0. The van der Waals surface area contributed by atoms with Gasteiger partial charge in [0.2, 0.25) is 0 Å². The smallest absolute Gasteiger partial charge is 0.160 e. The Bertz CT molecular complexity index is 593. The normalized spacial score (nSPS) is 12.4. The van der Waals surface area contributed by atoms with E-state index in [2.05, 4.69) is 17.3 Å². The zero-order chi connectivity index (χ0) is 14.7. The van der Waals surface area contributed by atoms with Crippen LogP contribution in [0.1, 0.15) is 29.8 Å². The summed E-state index contributed by atoms with van der Waals surface area (Å²) < 4.78 is 6.93. The second-order valence-corrected chi connectivity index (χ2v) is 4.95. The molecule has 1 aromatic heterocycles. The van der Waals surface area contributed by atoms with Crippen LogP contribution in [0.5, 0.6) is 11.5 Å². The van der Waals surface area contributed by atoms with Crippen LogP contribution in [0.25, 0.3) is 0 Å². The third-order valence-electron chi connectivity index (χ3n) is 3.37. The van der Waals surface area contributed by atoms with Gasteiger partial charge in [-0.1, -0.05) is 6.07 Å². The molecule has 0 aliphatic rings. The maximum Gasteiger partial charge on any atom is 0.160 e. The third kappa shape index (κ3) is 3.11. The van der Waals surface area contributed by atoms with Gasteiger partial charge >= 0.3 is 0 Å². The van der Waals surface area contributed by atoms with E-state index in [-0.39, 0.29) is 11.8 Å². The van der Waals surface area contributed by atoms with E-state index in [1.165, 1.54) is 5.56 Å². The predicted molar refractivity (Wildman–Crippen MR) is 77.9 cm³/mol. The molecule has 2 aromatic rings. The van der Waals surface area contributed by atoms with Crippen molar-refractivity contribution in [2.24, 2.45) is 7.05 Å². The van der Waals surface area contributed by atoms with Gasteiger partial charge in [-0.3, -0.25) is 4.68 Å². The topological polar surface area (TPSA) is 59.3 Å². The number of phenols is 1. The van der Waals surface area contributed by atoms with Crippen LogP contribution in [0.3, 0.4) is 0 Å². The molecule has 0 fully saturated rings. The summed E-state index contributed by atoms with van der Waals surface area (Å²) in [5, 5.41) is 17.4. The van der Waals surface area contributed by atoms with Gasteiger partial charge in [-0.15, -0.1) is 0 Å². The standard InChI is InChI=1S/C15H21N3O2/c1-10(13-9-18(3)17-11(13)2)16-8-12-5-6-14(19)15(7-12)20-4/h5-7,9-10,16,19H,8H2,1-4H3. The van der Waals surface area contributed by atoms with Crippen LogP contribution in [0.15, 0.2) is 24.4 Å². The van der Waals surface area contributed by atoms with Gasteiger partial charge in [0.25, 0.3) is 0 Å². The van der Waals surface area contributed by atoms with Crippen molar-refractivity contribution in [3.63, 3.8) is 0 Å². The molecule has 5 heteroatoms. The van der Waals surface area contributed by atoms with Crippen molar-refractivity contribution in [1.82, 2.24) is 15.1 Å². The van der Waals surface area contributed by atoms with Crippen LogP contribution in [0.2, 0.25) is 0 Å². The van der Waals surface area contributed by atoms with Crippen LogP contribution >= 0.6 is 0 Å². The molecule has 1 aromatic carbocycles. The van der Waals surface area contributed by atoms with Gasteiger partial charge in [-0.25, -0.2) is 0 Å². The molecule has 0 spiro atoms. The molecule has 20 heavy (non-hydrogen) atoms. The lowest BCUT2D eigenvalue weighted by atomic mass is 10.1. The van der Waals surface area contributed by atoms with Gasteiger partial charge in [0.05, 0.1) is 12.8 Å². The quantitative estimate of drug-likeness (QED) is 0.879. The highest BCUT2D eigenvalue weighted by Gasteiger charge is 2.11. The number of benzene rings is 1. The Hall–Kier alpha value is -2.01. The van der Waals surface area contributed by atoms with Crippen molar-refractivity contribution in [3.8, 4) is 11.5 Å². The van der Waals surface area contributed by atoms with Gasteiger partial charge < -0.3 is 15.2 Å². The minimum Gasteiger partial charge on any atom is -0.504 e. The van der Waals surface area contributed by atoms with E-state index in [4.69, 9.17) is 4.74 Å². The maximum absolute atomic E-state index is 9.57. The lowest BCUT2D eigenvalue weighted by Crippen LogP contribution is -2.18. The highest BCUT2D eigenvalue weighted by atomic mass is 16.5. The zero-order valence-corrected chi connectivity index (χ0v) is 12.3. The number of aryl methyl sites for hydroxylation is 2. The highest BCUT2D eigenvalue weighted by Crippen LogP contribution is 2.26. The molecular formula is C15H21N3O2. The van der Waals surface area contributed by atoms with Gasteiger partial charge in [0, 0.05) is 31.4 Å². The van der Waals surface area contributed by atoms with Crippen LogP contribution in [0.4, 0.5) is 0 Å². The number of hydrogen-bond donors (Lipinski definition) is 2. The van der Waals surface area contributed by atoms with Crippen LogP contribution < -0.4 is 10.1 Å². The van der Waals surface area contributed by atoms with Crippen molar-refractivity contribution in [2.75, 3.05) is 7.11 Å². The van der Waals surface area contributed by atoms with E-state index >= 15 is 0 Å². The molecule has 0 bridgehead atoms. The average molecular weight is 275 g/mol. The number of methoxy groups -OCH3 is 1. The molecule has 0 saturated heterocycles. The summed E-state index contributed by atoms with van der Waals surface area (Å²) in [4.78, 5) is 0. The van der Waals surface area contributed by atoms with Crippen molar-refractivity contribution < 1.29 is 9.84 Å². The fourth-order valence-electron chi connectivity index (χ4n) is 2.26. The molecule has 1 unspecified atom stereocenters. The molecule has 0 amide bonds. The summed E-state index contributed by atoms with van der Waals surface area (Å²) in [7, 11) is 3.47. The summed E-state index contributed by atoms with van der Waals surface area (Å²) in [5.41, 5.74) is 3.29. The highest BCUT2D eigenvalue weighted by molar-refractivity contribution is 5.41. The third-order valence-corrected chi connectivity index (χ3v) is 3.37. The van der Waals surface area contributed by atoms with E-state index in [1.54, 1.807) is 13.2 Å². The van der Waals surface area contributed by atoms with E-state index in [0.29, 0.717) is 12.3 Å². The average Bonchev–Trinajstić information content (AvgIpc) is 2.76. The van der Waals surface area contributed by atoms with Crippen molar-refractivity contribution in [3.05, 3.63) is 41.2 Å². The number of hydrogen-bond acceptors (Lipinski definition) is 4. The fourth-order valence-corrected chi connectivity index (χ4v) is 2.26. The SMILES string of the molecule is COc1cc(CNC(C)c2cn(C)nc2C)ccc1O. The number of phenolic OH excluding ortho intramolecular Hbond substituents is 1. The first kappa shape index (κ1) is 14.4. The van der Waals surface area contributed by atoms with Gasteiger partial charge in [0.1, 0.15) is 0 Å². The molecule has 0 aliphatic carbocycles. The van der Waals surface area contributed by atoms with Gasteiger partial charge in [-0.05, 0) is 31.5 Å². The van der Waals surface area contributed by atoms with Crippen LogP contribution in [0, 0.1) is 6.92 Å². The summed E-state index contributed by atoms with van der Waals surface area (Å²) in [6.07, 6.45) is 2.03. The summed E-state index contributed by atoms with van der Waals surface area (Å²) in [6, 6.07) is 5.58. The van der Waals surface area contributed by atoms with Gasteiger partial charge in [0.15, 0.2) is 11.5 Å². The minimum absolute atomic E-state index is 0.160. The van der Waals surface area contributed by atoms with Crippen LogP contribution in [-0.4, -0.2) is 22.0 Å². The molecule has 0 radical (unpaired) electrons. The van der Waals surface area contributed by atoms with Crippen LogP contribution in [-0.2, 0) is 13.6 Å². The lowest BCUT2D eigenvalue weighted by Gasteiger charge is -2.14. The number of nitrogens with one attached hydrogen (secondary N) is 1.